The van der Waals surface area contributed by atoms with E-state index in [0.29, 0.717) is 30.9 Å². The van der Waals surface area contributed by atoms with Crippen molar-refractivity contribution in [2.75, 3.05) is 31.5 Å². The third kappa shape index (κ3) is 6.09. The Balaban J connectivity index is 1.37. The van der Waals surface area contributed by atoms with E-state index >= 15 is 0 Å². The molecule has 216 valence electrons. The fourth-order valence-corrected chi connectivity index (χ4v) is 5.65. The number of amides is 2. The summed E-state index contributed by atoms with van der Waals surface area (Å²) in [7, 11) is 0. The summed E-state index contributed by atoms with van der Waals surface area (Å²) in [6.45, 7) is 4.43. The van der Waals surface area contributed by atoms with Crippen LogP contribution in [0.2, 0.25) is 0 Å². The standard InChI is InChI=1S/C30H27F6N3O2/c1-18(40)38-11-13-39(14-12-38)24-16-20-7-10-23(15-21(20)17-24)37-28(41)25-3-2-4-26(30(34,35)36)27(25)19-5-8-22(9-6-19)29(31,32)33/h2-10,15,24H,11-14,16-17H2,1H3,(H,37,41). The average Bonchev–Trinajstić information content (AvgIpc) is 3.35. The highest BCUT2D eigenvalue weighted by Crippen LogP contribution is 2.40. The first kappa shape index (κ1) is 28.7. The third-order valence-corrected chi connectivity index (χ3v) is 7.77. The molecule has 0 saturated carbocycles. The minimum atomic E-state index is -4.84. The third-order valence-electron chi connectivity index (χ3n) is 7.77. The number of nitrogens with zero attached hydrogens (tertiary/aromatic N) is 2. The van der Waals surface area contributed by atoms with Gasteiger partial charge in [0, 0.05) is 56.0 Å². The Morgan fingerprint density at radius 1 is 0.805 bits per heavy atom. The van der Waals surface area contributed by atoms with Gasteiger partial charge >= 0.3 is 12.4 Å². The highest BCUT2D eigenvalue weighted by Gasteiger charge is 2.36. The van der Waals surface area contributed by atoms with Crippen LogP contribution in [-0.4, -0.2) is 53.8 Å². The summed E-state index contributed by atoms with van der Waals surface area (Å²) in [5.41, 5.74) is -0.524. The first-order valence-electron chi connectivity index (χ1n) is 13.1. The maximum absolute atomic E-state index is 13.9. The van der Waals surface area contributed by atoms with E-state index in [1.807, 2.05) is 17.0 Å². The monoisotopic (exact) mass is 575 g/mol. The van der Waals surface area contributed by atoms with Gasteiger partial charge in [-0.1, -0.05) is 24.3 Å². The molecule has 0 aromatic heterocycles. The van der Waals surface area contributed by atoms with Gasteiger partial charge in [0.15, 0.2) is 0 Å². The largest absolute Gasteiger partial charge is 0.417 e. The van der Waals surface area contributed by atoms with Gasteiger partial charge in [-0.05, 0) is 65.9 Å². The van der Waals surface area contributed by atoms with Crippen molar-refractivity contribution in [2.45, 2.75) is 38.2 Å². The van der Waals surface area contributed by atoms with Crippen LogP contribution in [0.3, 0.4) is 0 Å². The molecule has 1 saturated heterocycles. The molecule has 1 aliphatic heterocycles. The van der Waals surface area contributed by atoms with Gasteiger partial charge in [0.2, 0.25) is 5.91 Å². The van der Waals surface area contributed by atoms with Crippen LogP contribution in [0, 0.1) is 0 Å². The first-order valence-corrected chi connectivity index (χ1v) is 13.1. The predicted octanol–water partition coefficient (Wildman–Crippen LogP) is 6.27. The fraction of sp³-hybridized carbons (Fsp3) is 0.333. The summed E-state index contributed by atoms with van der Waals surface area (Å²) < 4.78 is 81.0. The zero-order chi connectivity index (χ0) is 29.5. The molecule has 1 unspecified atom stereocenters. The van der Waals surface area contributed by atoms with Crippen molar-refractivity contribution in [2.24, 2.45) is 0 Å². The molecule has 41 heavy (non-hydrogen) atoms. The summed E-state index contributed by atoms with van der Waals surface area (Å²) in [5.74, 6) is -0.747. The molecule has 3 aromatic carbocycles. The topological polar surface area (TPSA) is 52.7 Å². The number of rotatable bonds is 4. The molecule has 1 heterocycles. The van der Waals surface area contributed by atoms with E-state index < -0.39 is 35.0 Å². The van der Waals surface area contributed by atoms with E-state index in [-0.39, 0.29) is 23.1 Å². The molecule has 5 rings (SSSR count). The maximum Gasteiger partial charge on any atom is 0.417 e. The molecule has 1 aliphatic carbocycles. The van der Waals surface area contributed by atoms with Crippen LogP contribution in [-0.2, 0) is 30.0 Å². The number of fused-ring (bicyclic) bond motifs is 1. The normalized spacial score (nSPS) is 17.8. The Bertz CT molecular complexity index is 1460. The smallest absolute Gasteiger partial charge is 0.340 e. The number of halogens is 6. The summed E-state index contributed by atoms with van der Waals surface area (Å²) in [5, 5.41) is 2.68. The lowest BCUT2D eigenvalue weighted by Crippen LogP contribution is -2.51. The quantitative estimate of drug-likeness (QED) is 0.373. The molecule has 1 atom stereocenters. The van der Waals surface area contributed by atoms with Gasteiger partial charge in [-0.25, -0.2) is 0 Å². The van der Waals surface area contributed by atoms with Crippen LogP contribution in [0.15, 0.2) is 60.7 Å². The lowest BCUT2D eigenvalue weighted by molar-refractivity contribution is -0.138. The number of hydrogen-bond acceptors (Lipinski definition) is 3. The molecule has 1 fully saturated rings. The van der Waals surface area contributed by atoms with Gasteiger partial charge in [-0.15, -0.1) is 0 Å². The summed E-state index contributed by atoms with van der Waals surface area (Å²) in [4.78, 5) is 29.1. The molecule has 0 bridgehead atoms. The Kier molecular flexibility index (Phi) is 7.58. The zero-order valence-corrected chi connectivity index (χ0v) is 22.1. The molecule has 5 nitrogen and oxygen atoms in total. The second-order valence-corrected chi connectivity index (χ2v) is 10.3. The summed E-state index contributed by atoms with van der Waals surface area (Å²) >= 11 is 0. The lowest BCUT2D eigenvalue weighted by Gasteiger charge is -2.37. The maximum atomic E-state index is 13.9. The molecule has 2 amide bonds. The number of piperazine rings is 1. The van der Waals surface area contributed by atoms with Crippen molar-refractivity contribution >= 4 is 17.5 Å². The second-order valence-electron chi connectivity index (χ2n) is 10.3. The molecular weight excluding hydrogens is 548 g/mol. The highest BCUT2D eigenvalue weighted by molar-refractivity contribution is 6.09. The van der Waals surface area contributed by atoms with Crippen LogP contribution in [0.1, 0.15) is 39.5 Å². The summed E-state index contributed by atoms with van der Waals surface area (Å²) in [6, 6.07) is 12.0. The number of carbonyl (C=O) groups excluding carboxylic acids is 2. The van der Waals surface area contributed by atoms with Gasteiger partial charge in [-0.2, -0.15) is 26.3 Å². The first-order chi connectivity index (χ1) is 19.3. The van der Waals surface area contributed by atoms with Crippen LogP contribution >= 0.6 is 0 Å². The van der Waals surface area contributed by atoms with Gasteiger partial charge < -0.3 is 10.2 Å². The summed E-state index contributed by atoms with van der Waals surface area (Å²) in [6.07, 6.45) is -7.95. The van der Waals surface area contributed by atoms with Gasteiger partial charge in [0.25, 0.3) is 5.91 Å². The number of nitrogens with one attached hydrogen (secondary N) is 1. The number of carbonyl (C=O) groups is 2. The fourth-order valence-electron chi connectivity index (χ4n) is 5.65. The van der Waals surface area contributed by atoms with Crippen molar-refractivity contribution in [1.29, 1.82) is 0 Å². The number of benzene rings is 3. The molecular formula is C30H27F6N3O2. The van der Waals surface area contributed by atoms with Crippen LogP contribution < -0.4 is 5.32 Å². The number of anilines is 1. The average molecular weight is 576 g/mol. The minimum absolute atomic E-state index is 0.0574. The molecule has 2 aliphatic rings. The van der Waals surface area contributed by atoms with Crippen molar-refractivity contribution in [3.63, 3.8) is 0 Å². The van der Waals surface area contributed by atoms with E-state index in [4.69, 9.17) is 0 Å². The minimum Gasteiger partial charge on any atom is -0.340 e. The van der Waals surface area contributed by atoms with Crippen LogP contribution in [0.25, 0.3) is 11.1 Å². The van der Waals surface area contributed by atoms with E-state index in [0.717, 1.165) is 61.3 Å². The lowest BCUT2D eigenvalue weighted by atomic mass is 9.92. The zero-order valence-electron chi connectivity index (χ0n) is 22.1. The highest BCUT2D eigenvalue weighted by atomic mass is 19.4. The Hall–Kier alpha value is -3.86. The molecule has 1 N–H and O–H groups in total. The van der Waals surface area contributed by atoms with E-state index in [2.05, 4.69) is 10.2 Å². The van der Waals surface area contributed by atoms with E-state index in [9.17, 15) is 35.9 Å². The van der Waals surface area contributed by atoms with Crippen molar-refractivity contribution < 1.29 is 35.9 Å². The Morgan fingerprint density at radius 3 is 2.07 bits per heavy atom. The molecule has 0 radical (unpaired) electrons. The Morgan fingerprint density at radius 2 is 1.46 bits per heavy atom. The molecule has 11 heteroatoms. The van der Waals surface area contributed by atoms with Gasteiger partial charge in [0.05, 0.1) is 11.1 Å². The SMILES string of the molecule is CC(=O)N1CCN(C2Cc3ccc(NC(=O)c4cccc(C(F)(F)F)c4-c4ccc(C(F)(F)F)cc4)cc3C2)CC1. The van der Waals surface area contributed by atoms with Crippen molar-refractivity contribution in [3.8, 4) is 11.1 Å². The number of hydrogen-bond donors (Lipinski definition) is 1. The van der Waals surface area contributed by atoms with Crippen LogP contribution in [0.4, 0.5) is 32.0 Å². The predicted molar refractivity (Wildman–Crippen MR) is 141 cm³/mol. The van der Waals surface area contributed by atoms with Crippen molar-refractivity contribution in [1.82, 2.24) is 9.80 Å². The van der Waals surface area contributed by atoms with Crippen molar-refractivity contribution in [3.05, 3.63) is 88.5 Å². The molecule has 3 aromatic rings. The van der Waals surface area contributed by atoms with Gasteiger partial charge in [0.1, 0.15) is 0 Å². The second kappa shape index (κ2) is 10.8. The van der Waals surface area contributed by atoms with E-state index in [1.54, 1.807) is 13.0 Å². The van der Waals surface area contributed by atoms with E-state index in [1.165, 1.54) is 6.07 Å². The Labute approximate surface area is 232 Å². The van der Waals surface area contributed by atoms with Gasteiger partial charge in [-0.3, -0.25) is 14.5 Å². The molecule has 0 spiro atoms. The van der Waals surface area contributed by atoms with Crippen LogP contribution in [0.5, 0.6) is 0 Å². The number of alkyl halides is 6.